The lowest BCUT2D eigenvalue weighted by molar-refractivity contribution is 0.658. The number of fused-ring (bicyclic) bond motifs is 16. The quantitative estimate of drug-likeness (QED) is 0.162. The number of rotatable bonds is 3. The van der Waals surface area contributed by atoms with Crippen molar-refractivity contribution in [2.24, 2.45) is 0 Å². The lowest BCUT2D eigenvalue weighted by atomic mass is 9.82. The highest BCUT2D eigenvalue weighted by Crippen LogP contribution is 2.56. The first kappa shape index (κ1) is 34.3. The summed E-state index contributed by atoms with van der Waals surface area (Å²) in [6, 6.07) is 55.1. The summed E-state index contributed by atoms with van der Waals surface area (Å²) in [5.41, 5.74) is 18.7. The van der Waals surface area contributed by atoms with Gasteiger partial charge in [-0.25, -0.2) is 0 Å². The van der Waals surface area contributed by atoms with E-state index >= 15 is 0 Å². The number of aromatic nitrogens is 1. The van der Waals surface area contributed by atoms with Crippen LogP contribution >= 0.6 is 11.8 Å². The molecule has 4 aliphatic rings. The summed E-state index contributed by atoms with van der Waals surface area (Å²) in [7, 11) is 0. The monoisotopic (exact) mass is 783 g/mol. The zero-order valence-corrected chi connectivity index (χ0v) is 34.5. The van der Waals surface area contributed by atoms with Gasteiger partial charge in [-0.3, -0.25) is 0 Å². The molecule has 13 rings (SSSR count). The first-order valence-corrected chi connectivity index (χ1v) is 22.2. The summed E-state index contributed by atoms with van der Waals surface area (Å²) in [6.45, 7) is 4.85. The zero-order chi connectivity index (χ0) is 39.7. The maximum Gasteiger partial charge on any atom is 0.0538 e. The number of thioether (sulfide) groups is 1. The average molecular weight is 784 g/mol. The van der Waals surface area contributed by atoms with Crippen molar-refractivity contribution in [2.45, 2.75) is 42.2 Å². The average Bonchev–Trinajstić information content (AvgIpc) is 3.65. The summed E-state index contributed by atoms with van der Waals surface area (Å²) in [5.74, 6) is 0. The van der Waals surface area contributed by atoms with Gasteiger partial charge in [0.25, 0.3) is 0 Å². The lowest BCUT2D eigenvalue weighted by Crippen LogP contribution is -2.16. The second kappa shape index (κ2) is 12.7. The fourth-order valence-corrected chi connectivity index (χ4v) is 12.3. The van der Waals surface area contributed by atoms with E-state index in [1.54, 1.807) is 0 Å². The van der Waals surface area contributed by atoms with E-state index in [2.05, 4.69) is 200 Å². The molecule has 1 nitrogen and oxygen atoms in total. The predicted octanol–water partition coefficient (Wildman–Crippen LogP) is 15.5. The molecule has 60 heavy (non-hydrogen) atoms. The van der Waals surface area contributed by atoms with Crippen LogP contribution in [0.3, 0.4) is 0 Å². The molecule has 0 saturated carbocycles. The topological polar surface area (TPSA) is 4.93 Å². The molecule has 0 fully saturated rings. The minimum absolute atomic E-state index is 0.124. The molecule has 2 heterocycles. The number of nitrogens with zero attached hydrogens (tertiary/aromatic N) is 1. The number of allylic oxidation sites excluding steroid dienone is 5. The second-order valence-corrected chi connectivity index (χ2v) is 18.7. The van der Waals surface area contributed by atoms with E-state index in [1.165, 1.54) is 121 Å². The van der Waals surface area contributed by atoms with Crippen molar-refractivity contribution in [3.8, 4) is 27.9 Å². The van der Waals surface area contributed by atoms with Crippen molar-refractivity contribution in [1.82, 2.24) is 4.57 Å². The van der Waals surface area contributed by atoms with Crippen LogP contribution in [0, 0.1) is 0 Å². The summed E-state index contributed by atoms with van der Waals surface area (Å²) in [6.07, 6.45) is 15.9. The van der Waals surface area contributed by atoms with E-state index in [0.29, 0.717) is 5.25 Å². The van der Waals surface area contributed by atoms with Crippen molar-refractivity contribution in [3.05, 3.63) is 209 Å². The Kier molecular flexibility index (Phi) is 7.25. The Morgan fingerprint density at radius 3 is 2.03 bits per heavy atom. The van der Waals surface area contributed by atoms with Crippen LogP contribution < -0.4 is 0 Å². The Labute approximate surface area is 354 Å². The van der Waals surface area contributed by atoms with Crippen LogP contribution in [-0.2, 0) is 11.8 Å². The molecule has 2 bridgehead atoms. The molecule has 0 saturated heterocycles. The molecule has 1 aliphatic heterocycles. The SMILES string of the molecule is CC1(C)c2cc(-n3c4c(c5cc(-c6ccc7c8ccccc8c8ccccc8c7c6)ccc53)C=C(c3ccccc3)CC4)ccc2-c2c1ccc1c2SC2C=CC=CC1=C2. The van der Waals surface area contributed by atoms with Crippen LogP contribution in [0.25, 0.3) is 88.4 Å². The van der Waals surface area contributed by atoms with Gasteiger partial charge < -0.3 is 4.57 Å². The molecule has 3 aliphatic carbocycles. The van der Waals surface area contributed by atoms with E-state index in [4.69, 9.17) is 0 Å². The van der Waals surface area contributed by atoms with E-state index in [0.717, 1.165) is 12.8 Å². The van der Waals surface area contributed by atoms with Gasteiger partial charge in [-0.05, 0) is 132 Å². The molecule has 2 heteroatoms. The largest absolute Gasteiger partial charge is 0.313 e. The van der Waals surface area contributed by atoms with E-state index in [-0.39, 0.29) is 5.41 Å². The molecule has 0 spiro atoms. The Balaban J connectivity index is 1.00. The third kappa shape index (κ3) is 4.89. The molecule has 1 atom stereocenters. The molecule has 1 unspecified atom stereocenters. The highest BCUT2D eigenvalue weighted by Gasteiger charge is 2.39. The number of hydrogen-bond donors (Lipinski definition) is 0. The Morgan fingerprint density at radius 2 is 1.25 bits per heavy atom. The van der Waals surface area contributed by atoms with Crippen molar-refractivity contribution < 1.29 is 0 Å². The van der Waals surface area contributed by atoms with Gasteiger partial charge in [-0.1, -0.05) is 159 Å². The van der Waals surface area contributed by atoms with Crippen LogP contribution in [0.5, 0.6) is 0 Å². The van der Waals surface area contributed by atoms with Gasteiger partial charge in [-0.15, -0.1) is 11.8 Å². The van der Waals surface area contributed by atoms with Gasteiger partial charge >= 0.3 is 0 Å². The molecular formula is C58H41NS. The van der Waals surface area contributed by atoms with Gasteiger partial charge in [-0.2, -0.15) is 0 Å². The normalized spacial score (nSPS) is 17.0. The molecule has 0 radical (unpaired) electrons. The van der Waals surface area contributed by atoms with Crippen LogP contribution in [0.1, 0.15) is 53.8 Å². The lowest BCUT2D eigenvalue weighted by Gasteiger charge is -2.25. The Hall–Kier alpha value is -6.61. The molecule has 0 N–H and O–H groups in total. The first-order chi connectivity index (χ1) is 29.5. The number of hydrogen-bond acceptors (Lipinski definition) is 1. The van der Waals surface area contributed by atoms with Crippen molar-refractivity contribution in [3.63, 3.8) is 0 Å². The summed E-state index contributed by atoms with van der Waals surface area (Å²) in [5, 5.41) is 9.50. The second-order valence-electron chi connectivity index (χ2n) is 17.5. The van der Waals surface area contributed by atoms with Crippen molar-refractivity contribution >= 4 is 72.2 Å². The van der Waals surface area contributed by atoms with E-state index in [9.17, 15) is 0 Å². The Morgan fingerprint density at radius 1 is 0.567 bits per heavy atom. The van der Waals surface area contributed by atoms with Crippen LogP contribution in [0.15, 0.2) is 181 Å². The van der Waals surface area contributed by atoms with Crippen molar-refractivity contribution in [1.29, 1.82) is 0 Å². The predicted molar refractivity (Wildman–Crippen MR) is 257 cm³/mol. The van der Waals surface area contributed by atoms with Crippen LogP contribution in [0.2, 0.25) is 0 Å². The van der Waals surface area contributed by atoms with E-state index in [1.807, 2.05) is 11.8 Å². The maximum atomic E-state index is 2.59. The number of benzene rings is 8. The van der Waals surface area contributed by atoms with Crippen LogP contribution in [-0.4, -0.2) is 9.82 Å². The minimum atomic E-state index is -0.124. The molecule has 8 aromatic carbocycles. The van der Waals surface area contributed by atoms with Gasteiger partial charge in [0, 0.05) is 43.5 Å². The third-order valence-electron chi connectivity index (χ3n) is 13.9. The fourth-order valence-electron chi connectivity index (χ4n) is 11.0. The zero-order valence-electron chi connectivity index (χ0n) is 33.7. The van der Waals surface area contributed by atoms with Gasteiger partial charge in [0.2, 0.25) is 0 Å². The smallest absolute Gasteiger partial charge is 0.0538 e. The highest BCUT2D eigenvalue weighted by molar-refractivity contribution is 8.00. The van der Waals surface area contributed by atoms with Crippen LogP contribution in [0.4, 0.5) is 0 Å². The Bertz CT molecular complexity index is 3440. The molecule has 284 valence electrons. The fraction of sp³-hybridized carbons (Fsp3) is 0.103. The third-order valence-corrected chi connectivity index (χ3v) is 15.1. The van der Waals surface area contributed by atoms with Gasteiger partial charge in [0.1, 0.15) is 0 Å². The van der Waals surface area contributed by atoms with Crippen molar-refractivity contribution in [2.75, 3.05) is 0 Å². The molecule has 0 amide bonds. The standard InChI is InChI=1S/C58H41NS/c1-58(2)52-27-26-42-39-14-6-7-15-41(30-39)60-57(42)56(52)48-25-23-40(34-53(48)58)59-54-28-21-36(35-12-4-3-5-13-35)32-50(54)51-33-38(22-29-55(51)59)37-20-24-47-45-18-9-8-16-43(45)44-17-10-11-19-46(44)49(47)31-37/h3-20,22-27,29-34,41H,21,28H2,1-2H3. The van der Waals surface area contributed by atoms with E-state index < -0.39 is 0 Å². The molecule has 9 aromatic rings. The summed E-state index contributed by atoms with van der Waals surface area (Å²) >= 11 is 2.00. The summed E-state index contributed by atoms with van der Waals surface area (Å²) < 4.78 is 2.59. The van der Waals surface area contributed by atoms with Gasteiger partial charge in [0.05, 0.1) is 5.52 Å². The summed E-state index contributed by atoms with van der Waals surface area (Å²) in [4.78, 5) is 1.43. The maximum absolute atomic E-state index is 2.59. The molecule has 1 aromatic heterocycles. The molecular weight excluding hydrogens is 743 g/mol. The first-order valence-electron chi connectivity index (χ1n) is 21.3. The van der Waals surface area contributed by atoms with Gasteiger partial charge in [0.15, 0.2) is 0 Å². The highest BCUT2D eigenvalue weighted by atomic mass is 32.2. The minimum Gasteiger partial charge on any atom is -0.313 e.